The number of carbonyl (C=O) groups excluding carboxylic acids is 1. The van der Waals surface area contributed by atoms with Gasteiger partial charge in [-0.3, -0.25) is 0 Å². The Kier molecular flexibility index (Phi) is 11.7. The van der Waals surface area contributed by atoms with Gasteiger partial charge in [-0.1, -0.05) is 32.3 Å². The van der Waals surface area contributed by atoms with Crippen molar-refractivity contribution in [1.82, 2.24) is 0 Å². The normalized spacial score (nSPS) is 12.1. The second kappa shape index (κ2) is 13.6. The van der Waals surface area contributed by atoms with E-state index in [4.69, 9.17) is 9.47 Å². The number of allylic oxidation sites excluding steroid dienone is 1. The number of anilines is 1. The maximum atomic E-state index is 11.8. The molecule has 0 saturated heterocycles. The van der Waals surface area contributed by atoms with Gasteiger partial charge in [-0.15, -0.1) is 0 Å². The quantitative estimate of drug-likeness (QED) is 0.160. The molecule has 0 aliphatic carbocycles. The monoisotopic (exact) mass is 365 g/mol. The molecule has 1 N–H and O–H groups in total. The van der Waals surface area contributed by atoms with Crippen LogP contribution >= 0.6 is 12.6 Å². The summed E-state index contributed by atoms with van der Waals surface area (Å²) in [6.45, 7) is 4.90. The molecular weight excluding hydrogens is 334 g/mol. The van der Waals surface area contributed by atoms with E-state index in [2.05, 4.69) is 30.9 Å². The highest BCUT2D eigenvalue weighted by Gasteiger charge is 2.09. The lowest BCUT2D eigenvalue weighted by atomic mass is 10.1. The molecule has 0 bridgehead atoms. The van der Waals surface area contributed by atoms with Crippen LogP contribution in [0.15, 0.2) is 36.4 Å². The van der Waals surface area contributed by atoms with Gasteiger partial charge in [0.2, 0.25) is 0 Å². The first-order valence-corrected chi connectivity index (χ1v) is 9.79. The van der Waals surface area contributed by atoms with Crippen molar-refractivity contribution < 1.29 is 14.3 Å². The molecule has 0 fully saturated rings. The summed E-state index contributed by atoms with van der Waals surface area (Å²) in [6.07, 6.45) is 9.95. The molecule has 1 aromatic rings. The van der Waals surface area contributed by atoms with Crippen LogP contribution in [0.3, 0.4) is 0 Å². The maximum absolute atomic E-state index is 11.8. The van der Waals surface area contributed by atoms with Crippen LogP contribution in [0.2, 0.25) is 0 Å². The lowest BCUT2D eigenvalue weighted by Gasteiger charge is -2.10. The highest BCUT2D eigenvalue weighted by Crippen LogP contribution is 2.16. The van der Waals surface area contributed by atoms with E-state index in [-0.39, 0.29) is 6.10 Å². The Labute approximate surface area is 157 Å². The summed E-state index contributed by atoms with van der Waals surface area (Å²) < 4.78 is 10.4. The van der Waals surface area contributed by atoms with E-state index in [1.807, 2.05) is 25.1 Å². The minimum Gasteiger partial charge on any atom is -0.427 e. The zero-order valence-electron chi connectivity index (χ0n) is 15.4. The van der Waals surface area contributed by atoms with Gasteiger partial charge in [0, 0.05) is 12.2 Å². The molecule has 0 aliphatic rings. The molecule has 1 unspecified atom stereocenters. The molecule has 0 aromatic heterocycles. The highest BCUT2D eigenvalue weighted by atomic mass is 32.1. The summed E-state index contributed by atoms with van der Waals surface area (Å²) in [5.74, 6) is 1.33. The molecule has 1 rings (SSSR count). The number of benzene rings is 1. The van der Waals surface area contributed by atoms with Crippen LogP contribution in [0.5, 0.6) is 5.75 Å². The SMILES string of the molecule is CCCCCC/C=C/C(C)OC(=O)Oc1ccc(NCCCS)cc1. The summed E-state index contributed by atoms with van der Waals surface area (Å²) in [5.41, 5.74) is 0.988. The van der Waals surface area contributed by atoms with Gasteiger partial charge in [0.25, 0.3) is 0 Å². The van der Waals surface area contributed by atoms with E-state index < -0.39 is 6.16 Å². The molecular formula is C20H31NO3S. The second-order valence-electron chi connectivity index (χ2n) is 5.98. The average Bonchev–Trinajstić information content (AvgIpc) is 2.59. The molecule has 25 heavy (non-hydrogen) atoms. The van der Waals surface area contributed by atoms with Crippen molar-refractivity contribution >= 4 is 24.5 Å². The van der Waals surface area contributed by atoms with Crippen LogP contribution in [0.4, 0.5) is 10.5 Å². The largest absolute Gasteiger partial charge is 0.514 e. The first kappa shape index (κ1) is 21.4. The van der Waals surface area contributed by atoms with Crippen molar-refractivity contribution in [2.45, 2.75) is 58.5 Å². The lowest BCUT2D eigenvalue weighted by molar-refractivity contribution is 0.0823. The minimum atomic E-state index is -0.682. The topological polar surface area (TPSA) is 47.6 Å². The number of carbonyl (C=O) groups is 1. The predicted octanol–water partition coefficient (Wildman–Crippen LogP) is 5.85. The van der Waals surface area contributed by atoms with Crippen LogP contribution in [0, 0.1) is 0 Å². The van der Waals surface area contributed by atoms with Gasteiger partial charge in [0.1, 0.15) is 11.9 Å². The van der Waals surface area contributed by atoms with E-state index in [1.165, 1.54) is 25.7 Å². The molecule has 0 radical (unpaired) electrons. The first-order valence-electron chi connectivity index (χ1n) is 9.15. The lowest BCUT2D eigenvalue weighted by Crippen LogP contribution is -2.16. The molecule has 0 heterocycles. The number of hydrogen-bond donors (Lipinski definition) is 2. The minimum absolute atomic E-state index is 0.291. The van der Waals surface area contributed by atoms with Gasteiger partial charge < -0.3 is 14.8 Å². The zero-order valence-corrected chi connectivity index (χ0v) is 16.3. The van der Waals surface area contributed by atoms with Gasteiger partial charge in [-0.05, 0) is 62.3 Å². The Hall–Kier alpha value is -1.62. The second-order valence-corrected chi connectivity index (χ2v) is 6.43. The van der Waals surface area contributed by atoms with Crippen LogP contribution < -0.4 is 10.1 Å². The smallest absolute Gasteiger partial charge is 0.427 e. The van der Waals surface area contributed by atoms with E-state index in [9.17, 15) is 4.79 Å². The number of hydrogen-bond acceptors (Lipinski definition) is 5. The molecule has 0 spiro atoms. The molecule has 1 atom stereocenters. The van der Waals surface area contributed by atoms with E-state index in [0.29, 0.717) is 5.75 Å². The summed E-state index contributed by atoms with van der Waals surface area (Å²) in [4.78, 5) is 11.8. The van der Waals surface area contributed by atoms with Crippen molar-refractivity contribution in [3.8, 4) is 5.75 Å². The number of ether oxygens (including phenoxy) is 2. The van der Waals surface area contributed by atoms with Crippen molar-refractivity contribution in [2.75, 3.05) is 17.6 Å². The van der Waals surface area contributed by atoms with Gasteiger partial charge in [0.15, 0.2) is 0 Å². The standard InChI is InChI=1S/C20H31NO3S/c1-3-4-5-6-7-8-10-17(2)23-20(22)24-19-13-11-18(12-14-19)21-15-9-16-25/h8,10-14,17,21,25H,3-7,9,15-16H2,1-2H3/b10-8+. The molecule has 1 aromatic carbocycles. The number of thiol groups is 1. The number of unbranched alkanes of at least 4 members (excludes halogenated alkanes) is 4. The first-order chi connectivity index (χ1) is 12.2. The predicted molar refractivity (Wildman–Crippen MR) is 108 cm³/mol. The van der Waals surface area contributed by atoms with Crippen molar-refractivity contribution in [3.05, 3.63) is 36.4 Å². The van der Waals surface area contributed by atoms with Crippen LogP contribution in [-0.4, -0.2) is 24.6 Å². The fourth-order valence-electron chi connectivity index (χ4n) is 2.24. The summed E-state index contributed by atoms with van der Waals surface area (Å²) in [6, 6.07) is 7.25. The van der Waals surface area contributed by atoms with Crippen molar-refractivity contribution in [1.29, 1.82) is 0 Å². The molecule has 0 saturated carbocycles. The summed E-state index contributed by atoms with van der Waals surface area (Å²) >= 11 is 4.17. The molecule has 0 aliphatic heterocycles. The van der Waals surface area contributed by atoms with E-state index in [1.54, 1.807) is 12.1 Å². The number of nitrogens with one attached hydrogen (secondary N) is 1. The van der Waals surface area contributed by atoms with Crippen molar-refractivity contribution in [2.24, 2.45) is 0 Å². The van der Waals surface area contributed by atoms with Gasteiger partial charge in [-0.25, -0.2) is 4.79 Å². The van der Waals surface area contributed by atoms with Crippen molar-refractivity contribution in [3.63, 3.8) is 0 Å². The van der Waals surface area contributed by atoms with Gasteiger partial charge in [0.05, 0.1) is 0 Å². The molecule has 140 valence electrons. The van der Waals surface area contributed by atoms with Crippen LogP contribution in [-0.2, 0) is 4.74 Å². The third-order valence-corrected chi connectivity index (χ3v) is 3.95. The molecule has 5 heteroatoms. The third kappa shape index (κ3) is 10.8. The summed E-state index contributed by atoms with van der Waals surface area (Å²) in [5, 5.41) is 3.27. The van der Waals surface area contributed by atoms with Crippen LogP contribution in [0.1, 0.15) is 52.4 Å². The summed E-state index contributed by atoms with van der Waals surface area (Å²) in [7, 11) is 0. The van der Waals surface area contributed by atoms with Gasteiger partial charge in [-0.2, -0.15) is 12.6 Å². The fourth-order valence-corrected chi connectivity index (χ4v) is 2.40. The highest BCUT2D eigenvalue weighted by molar-refractivity contribution is 7.80. The molecule has 4 nitrogen and oxygen atoms in total. The van der Waals surface area contributed by atoms with Crippen LogP contribution in [0.25, 0.3) is 0 Å². The zero-order chi connectivity index (χ0) is 18.3. The number of rotatable bonds is 12. The molecule has 0 amide bonds. The Morgan fingerprint density at radius 3 is 2.64 bits per heavy atom. The fraction of sp³-hybridized carbons (Fsp3) is 0.550. The van der Waals surface area contributed by atoms with E-state index in [0.717, 1.165) is 30.8 Å². The Balaban J connectivity index is 2.27. The Morgan fingerprint density at radius 1 is 1.20 bits per heavy atom. The average molecular weight is 366 g/mol. The van der Waals surface area contributed by atoms with Gasteiger partial charge >= 0.3 is 6.16 Å². The Bertz CT molecular complexity index is 502. The third-order valence-electron chi connectivity index (χ3n) is 3.63. The Morgan fingerprint density at radius 2 is 1.96 bits per heavy atom. The van der Waals surface area contributed by atoms with E-state index >= 15 is 0 Å². The maximum Gasteiger partial charge on any atom is 0.514 e.